The Hall–Kier alpha value is -1.35. The normalized spacial score (nSPS) is 14.6. The molecule has 1 aliphatic carbocycles. The van der Waals surface area contributed by atoms with Gasteiger partial charge in [-0.25, -0.2) is 0 Å². The zero-order chi connectivity index (χ0) is 19.5. The lowest BCUT2D eigenvalue weighted by Crippen LogP contribution is -2.39. The molecule has 7 heteroatoms. The molecule has 0 aromatic heterocycles. The van der Waals surface area contributed by atoms with E-state index < -0.39 is 0 Å². The molecule has 0 aliphatic heterocycles. The highest BCUT2D eigenvalue weighted by molar-refractivity contribution is 14.0. The number of aliphatic imine (C=N–C) groups is 1. The Balaban J connectivity index is 0.00000392. The highest BCUT2D eigenvalue weighted by Gasteiger charge is 2.18. The van der Waals surface area contributed by atoms with Gasteiger partial charge in [0.25, 0.3) is 5.91 Å². The third-order valence-electron chi connectivity index (χ3n) is 5.14. The Morgan fingerprint density at radius 2 is 2.00 bits per heavy atom. The molecule has 1 aromatic carbocycles. The third kappa shape index (κ3) is 8.34. The number of halogens is 1. The summed E-state index contributed by atoms with van der Waals surface area (Å²) in [7, 11) is 3.87. The van der Waals surface area contributed by atoms with Crippen molar-refractivity contribution in [1.82, 2.24) is 20.9 Å². The van der Waals surface area contributed by atoms with Gasteiger partial charge >= 0.3 is 0 Å². The van der Waals surface area contributed by atoms with Crippen LogP contribution in [0.3, 0.4) is 0 Å². The number of nitrogens with one attached hydrogen (secondary N) is 3. The van der Waals surface area contributed by atoms with Gasteiger partial charge in [0.15, 0.2) is 5.96 Å². The molecule has 0 atom stereocenters. The first kappa shape index (κ1) is 24.7. The van der Waals surface area contributed by atoms with Gasteiger partial charge in [-0.1, -0.05) is 25.0 Å². The van der Waals surface area contributed by atoms with Crippen molar-refractivity contribution in [3.05, 3.63) is 35.4 Å². The van der Waals surface area contributed by atoms with Crippen LogP contribution >= 0.6 is 24.0 Å². The molecule has 0 saturated heterocycles. The monoisotopic (exact) mass is 501 g/mol. The largest absolute Gasteiger partial charge is 0.357 e. The van der Waals surface area contributed by atoms with E-state index in [9.17, 15) is 4.79 Å². The minimum Gasteiger partial charge on any atom is -0.357 e. The summed E-state index contributed by atoms with van der Waals surface area (Å²) < 4.78 is 0. The van der Waals surface area contributed by atoms with E-state index in [1.54, 1.807) is 7.05 Å². The minimum absolute atomic E-state index is 0. The number of amides is 1. The number of hydrogen-bond donors (Lipinski definition) is 3. The summed E-state index contributed by atoms with van der Waals surface area (Å²) in [4.78, 5) is 18.9. The van der Waals surface area contributed by atoms with Gasteiger partial charge in [-0.05, 0) is 50.9 Å². The van der Waals surface area contributed by atoms with Crippen LogP contribution in [-0.2, 0) is 6.42 Å². The maximum atomic E-state index is 11.7. The van der Waals surface area contributed by atoms with Crippen molar-refractivity contribution < 1.29 is 4.79 Å². The molecule has 0 bridgehead atoms. The van der Waals surface area contributed by atoms with Crippen molar-refractivity contribution in [3.8, 4) is 0 Å². The molecule has 28 heavy (non-hydrogen) atoms. The summed E-state index contributed by atoms with van der Waals surface area (Å²) in [5.41, 5.74) is 1.84. The number of guanidine groups is 1. The molecule has 1 aliphatic rings. The molecule has 1 amide bonds. The van der Waals surface area contributed by atoms with E-state index in [1.807, 2.05) is 18.2 Å². The molecule has 1 saturated carbocycles. The standard InChI is InChI=1S/C21H35N5O.HI/c1-4-23-21(25-14-15-26(3)19-10-5-6-11-19)24-13-12-17-8-7-9-18(16-17)20(27)22-2;/h7-9,16,19H,4-6,10-15H2,1-3H3,(H,22,27)(H2,23,24,25);1H. The first-order valence-electron chi connectivity index (χ1n) is 10.2. The first-order valence-corrected chi connectivity index (χ1v) is 10.2. The Morgan fingerprint density at radius 1 is 1.25 bits per heavy atom. The second kappa shape index (κ2) is 13.8. The number of likely N-dealkylation sites (N-methyl/N-ethyl adjacent to an activating group) is 1. The number of carbonyl (C=O) groups is 1. The zero-order valence-electron chi connectivity index (χ0n) is 17.5. The van der Waals surface area contributed by atoms with Gasteiger partial charge in [0.1, 0.15) is 0 Å². The van der Waals surface area contributed by atoms with E-state index in [1.165, 1.54) is 25.7 Å². The van der Waals surface area contributed by atoms with Crippen LogP contribution in [0.25, 0.3) is 0 Å². The van der Waals surface area contributed by atoms with Crippen molar-refractivity contribution in [1.29, 1.82) is 0 Å². The molecule has 0 unspecified atom stereocenters. The lowest BCUT2D eigenvalue weighted by Gasteiger charge is -2.23. The van der Waals surface area contributed by atoms with Crippen LogP contribution in [0.2, 0.25) is 0 Å². The van der Waals surface area contributed by atoms with Crippen LogP contribution in [0, 0.1) is 0 Å². The van der Waals surface area contributed by atoms with Crippen LogP contribution in [0.4, 0.5) is 0 Å². The number of benzene rings is 1. The lowest BCUT2D eigenvalue weighted by molar-refractivity contribution is 0.0963. The zero-order valence-corrected chi connectivity index (χ0v) is 19.8. The van der Waals surface area contributed by atoms with E-state index in [0.717, 1.165) is 50.2 Å². The first-order chi connectivity index (χ1) is 13.1. The molecule has 158 valence electrons. The molecule has 1 fully saturated rings. The Kier molecular flexibility index (Phi) is 12.1. The Labute approximate surface area is 187 Å². The van der Waals surface area contributed by atoms with Crippen LogP contribution in [0.1, 0.15) is 48.5 Å². The summed E-state index contributed by atoms with van der Waals surface area (Å²) in [5, 5.41) is 9.37. The van der Waals surface area contributed by atoms with E-state index >= 15 is 0 Å². The van der Waals surface area contributed by atoms with Crippen molar-refractivity contribution in [3.63, 3.8) is 0 Å². The molecular formula is C21H36IN5O. The Morgan fingerprint density at radius 3 is 2.68 bits per heavy atom. The fraction of sp³-hybridized carbons (Fsp3) is 0.619. The summed E-state index contributed by atoms with van der Waals surface area (Å²) in [6.07, 6.45) is 6.23. The van der Waals surface area contributed by atoms with Gasteiger partial charge in [0.2, 0.25) is 0 Å². The van der Waals surface area contributed by atoms with E-state index in [4.69, 9.17) is 4.99 Å². The van der Waals surface area contributed by atoms with E-state index in [0.29, 0.717) is 5.56 Å². The van der Waals surface area contributed by atoms with Gasteiger partial charge in [0.05, 0.1) is 6.54 Å². The predicted molar refractivity (Wildman–Crippen MR) is 128 cm³/mol. The van der Waals surface area contributed by atoms with Gasteiger partial charge in [-0.3, -0.25) is 9.79 Å². The van der Waals surface area contributed by atoms with Gasteiger partial charge in [0, 0.05) is 38.3 Å². The number of hydrogen-bond acceptors (Lipinski definition) is 3. The number of rotatable bonds is 9. The molecule has 0 spiro atoms. The average molecular weight is 501 g/mol. The van der Waals surface area contributed by atoms with Crippen LogP contribution in [0.15, 0.2) is 29.3 Å². The highest BCUT2D eigenvalue weighted by atomic mass is 127. The number of nitrogens with zero attached hydrogens (tertiary/aromatic N) is 2. The fourth-order valence-corrected chi connectivity index (χ4v) is 3.53. The minimum atomic E-state index is -0.0499. The van der Waals surface area contributed by atoms with Crippen LogP contribution in [0.5, 0.6) is 0 Å². The maximum absolute atomic E-state index is 11.7. The molecule has 2 rings (SSSR count). The molecule has 0 radical (unpaired) electrons. The van der Waals surface area contributed by atoms with E-state index in [-0.39, 0.29) is 29.9 Å². The summed E-state index contributed by atoms with van der Waals surface area (Å²) in [5.74, 6) is 0.811. The smallest absolute Gasteiger partial charge is 0.251 e. The summed E-state index contributed by atoms with van der Waals surface area (Å²) in [6.45, 7) is 5.50. The van der Waals surface area contributed by atoms with Crippen LogP contribution < -0.4 is 16.0 Å². The van der Waals surface area contributed by atoms with Gasteiger partial charge < -0.3 is 20.9 Å². The van der Waals surface area contributed by atoms with Crippen molar-refractivity contribution in [2.75, 3.05) is 40.3 Å². The maximum Gasteiger partial charge on any atom is 0.251 e. The van der Waals surface area contributed by atoms with Gasteiger partial charge in [-0.2, -0.15) is 0 Å². The SMILES string of the molecule is CCNC(=NCCN(C)C1CCCC1)NCCc1cccc(C(=O)NC)c1.I. The lowest BCUT2D eigenvalue weighted by atomic mass is 10.1. The van der Waals surface area contributed by atoms with Crippen molar-refractivity contribution in [2.24, 2.45) is 4.99 Å². The van der Waals surface area contributed by atoms with E-state index in [2.05, 4.69) is 40.9 Å². The quantitative estimate of drug-likeness (QED) is 0.277. The van der Waals surface area contributed by atoms with Crippen LogP contribution in [-0.4, -0.2) is 63.1 Å². The fourth-order valence-electron chi connectivity index (χ4n) is 3.53. The second-order valence-electron chi connectivity index (χ2n) is 7.14. The summed E-state index contributed by atoms with van der Waals surface area (Å²) in [6, 6.07) is 8.50. The Bertz CT molecular complexity index is 617. The van der Waals surface area contributed by atoms with Gasteiger partial charge in [-0.15, -0.1) is 24.0 Å². The second-order valence-corrected chi connectivity index (χ2v) is 7.14. The molecule has 0 heterocycles. The average Bonchev–Trinajstić information content (AvgIpc) is 3.22. The molecule has 1 aromatic rings. The predicted octanol–water partition coefficient (Wildman–Crippen LogP) is 2.64. The molecule has 6 nitrogen and oxygen atoms in total. The highest BCUT2D eigenvalue weighted by Crippen LogP contribution is 2.21. The van der Waals surface area contributed by atoms with Crippen molar-refractivity contribution >= 4 is 35.8 Å². The number of carbonyl (C=O) groups excluding carboxylic acids is 1. The van der Waals surface area contributed by atoms with Crippen molar-refractivity contribution in [2.45, 2.75) is 45.1 Å². The molecule has 3 N–H and O–H groups in total. The topological polar surface area (TPSA) is 68.8 Å². The summed E-state index contributed by atoms with van der Waals surface area (Å²) >= 11 is 0. The third-order valence-corrected chi connectivity index (χ3v) is 5.14. The molecular weight excluding hydrogens is 465 g/mol.